The fraction of sp³-hybridized carbons (Fsp3) is 0.571. The molecule has 0 aliphatic heterocycles. The Bertz CT molecular complexity index is 663. The zero-order chi connectivity index (χ0) is 17.4. The molecule has 3 N–H and O–H groups in total. The monoisotopic (exact) mass is 327 g/mol. The summed E-state index contributed by atoms with van der Waals surface area (Å²) in [7, 11) is 0. The summed E-state index contributed by atoms with van der Waals surface area (Å²) in [5, 5.41) is 17.6. The third-order valence-corrected chi connectivity index (χ3v) is 3.26. The molecule has 1 amide bonds. The number of nitrogens with one attached hydrogen (secondary N) is 1. The molecule has 23 heavy (non-hydrogen) atoms. The summed E-state index contributed by atoms with van der Waals surface area (Å²) >= 11 is 0. The fourth-order valence-electron chi connectivity index (χ4n) is 2.03. The molecule has 1 aromatic heterocycles. The molecule has 0 spiro atoms. The van der Waals surface area contributed by atoms with Crippen LogP contribution in [0.1, 0.15) is 24.8 Å². The number of carboxylic acids is 1. The Balaban J connectivity index is 2.80. The number of nitrogens with zero attached hydrogens (tertiary/aromatic N) is 2. The van der Waals surface area contributed by atoms with Gasteiger partial charge in [0.05, 0.1) is 0 Å². The van der Waals surface area contributed by atoms with Crippen molar-refractivity contribution in [2.24, 2.45) is 0 Å². The van der Waals surface area contributed by atoms with Gasteiger partial charge < -0.3 is 15.1 Å². The Morgan fingerprint density at radius 3 is 2.57 bits per heavy atom. The lowest BCUT2D eigenvalue weighted by molar-refractivity contribution is -0.144. The number of aliphatic hydroxyl groups is 1. The fourth-order valence-corrected chi connectivity index (χ4v) is 2.03. The topological polar surface area (TPSA) is 133 Å². The molecule has 1 rings (SSSR count). The van der Waals surface area contributed by atoms with E-state index in [1.807, 2.05) is 0 Å². The van der Waals surface area contributed by atoms with Crippen molar-refractivity contribution < 1.29 is 19.8 Å². The van der Waals surface area contributed by atoms with Gasteiger partial charge in [0.2, 0.25) is 5.91 Å². The minimum Gasteiger partial charge on any atom is -0.480 e. The maximum absolute atomic E-state index is 12.2. The average molecular weight is 327 g/mol. The third kappa shape index (κ3) is 6.07. The van der Waals surface area contributed by atoms with Gasteiger partial charge in [-0.15, -0.1) is 0 Å². The molecule has 9 nitrogen and oxygen atoms in total. The maximum atomic E-state index is 12.2. The Kier molecular flexibility index (Phi) is 7.20. The van der Waals surface area contributed by atoms with Gasteiger partial charge in [-0.2, -0.15) is 0 Å². The smallest absolute Gasteiger partial charge is 0.328 e. The van der Waals surface area contributed by atoms with Crippen molar-refractivity contribution in [3.8, 4) is 0 Å². The van der Waals surface area contributed by atoms with Crippen LogP contribution in [0.15, 0.2) is 15.8 Å². The van der Waals surface area contributed by atoms with E-state index in [2.05, 4.69) is 4.98 Å². The SMILES string of the molecule is Cc1cn(CC(=O)N(CCCCCO)CC(=O)O)c(=O)[nH]c1=O. The van der Waals surface area contributed by atoms with E-state index in [-0.39, 0.29) is 25.3 Å². The van der Waals surface area contributed by atoms with E-state index < -0.39 is 29.7 Å². The molecule has 1 heterocycles. The summed E-state index contributed by atoms with van der Waals surface area (Å²) in [6.45, 7) is 0.961. The lowest BCUT2D eigenvalue weighted by Crippen LogP contribution is -2.41. The molecule has 1 aromatic rings. The number of rotatable bonds is 9. The van der Waals surface area contributed by atoms with Gasteiger partial charge in [0, 0.05) is 24.9 Å². The van der Waals surface area contributed by atoms with E-state index in [1.54, 1.807) is 0 Å². The number of aryl methyl sites for hydroxylation is 1. The lowest BCUT2D eigenvalue weighted by atomic mass is 10.2. The van der Waals surface area contributed by atoms with Crippen LogP contribution in [0.2, 0.25) is 0 Å². The zero-order valence-electron chi connectivity index (χ0n) is 12.9. The van der Waals surface area contributed by atoms with Crippen LogP contribution < -0.4 is 11.2 Å². The van der Waals surface area contributed by atoms with Crippen LogP contribution in [0.4, 0.5) is 0 Å². The van der Waals surface area contributed by atoms with Crippen LogP contribution in [0.3, 0.4) is 0 Å². The van der Waals surface area contributed by atoms with Crippen LogP contribution in [-0.2, 0) is 16.1 Å². The first-order valence-electron chi connectivity index (χ1n) is 7.26. The van der Waals surface area contributed by atoms with E-state index in [0.717, 1.165) is 9.47 Å². The molecule has 0 aliphatic rings. The number of hydrogen-bond acceptors (Lipinski definition) is 5. The van der Waals surface area contributed by atoms with Crippen molar-refractivity contribution in [2.45, 2.75) is 32.7 Å². The number of carboxylic acid groups (broad SMARTS) is 1. The minimum absolute atomic E-state index is 0.0406. The second-order valence-corrected chi connectivity index (χ2v) is 5.19. The van der Waals surface area contributed by atoms with E-state index in [1.165, 1.54) is 13.1 Å². The molecule has 0 saturated carbocycles. The number of aliphatic hydroxyl groups excluding tert-OH is 1. The van der Waals surface area contributed by atoms with Gasteiger partial charge in [-0.1, -0.05) is 0 Å². The zero-order valence-corrected chi connectivity index (χ0v) is 12.9. The molecule has 0 atom stereocenters. The number of carbonyl (C=O) groups is 2. The van der Waals surface area contributed by atoms with E-state index in [4.69, 9.17) is 10.2 Å². The Hall–Kier alpha value is -2.42. The Labute approximate surface area is 132 Å². The van der Waals surface area contributed by atoms with Gasteiger partial charge in [-0.3, -0.25) is 23.9 Å². The first-order chi connectivity index (χ1) is 10.8. The van der Waals surface area contributed by atoms with Crippen molar-refractivity contribution in [1.82, 2.24) is 14.5 Å². The summed E-state index contributed by atoms with van der Waals surface area (Å²) in [6.07, 6.45) is 3.06. The highest BCUT2D eigenvalue weighted by molar-refractivity contribution is 5.81. The van der Waals surface area contributed by atoms with Gasteiger partial charge in [0.25, 0.3) is 5.56 Å². The summed E-state index contributed by atoms with van der Waals surface area (Å²) in [4.78, 5) is 49.3. The van der Waals surface area contributed by atoms with Crippen LogP contribution in [0.25, 0.3) is 0 Å². The number of aromatic nitrogens is 2. The van der Waals surface area contributed by atoms with E-state index in [0.29, 0.717) is 19.3 Å². The molecule has 128 valence electrons. The number of unbranched alkanes of at least 4 members (excludes halogenated alkanes) is 2. The molecule has 0 fully saturated rings. The lowest BCUT2D eigenvalue weighted by Gasteiger charge is -2.21. The number of H-pyrrole nitrogens is 1. The van der Waals surface area contributed by atoms with Gasteiger partial charge in [0.15, 0.2) is 0 Å². The van der Waals surface area contributed by atoms with E-state index >= 15 is 0 Å². The second kappa shape index (κ2) is 8.89. The van der Waals surface area contributed by atoms with Gasteiger partial charge in [0.1, 0.15) is 13.1 Å². The number of aliphatic carboxylic acids is 1. The summed E-state index contributed by atoms with van der Waals surface area (Å²) in [6, 6.07) is 0. The molecule has 0 aromatic carbocycles. The predicted molar refractivity (Wildman–Crippen MR) is 81.2 cm³/mol. The molecule has 9 heteroatoms. The minimum atomic E-state index is -1.15. The Morgan fingerprint density at radius 2 is 1.96 bits per heavy atom. The normalized spacial score (nSPS) is 10.5. The molecule has 0 bridgehead atoms. The highest BCUT2D eigenvalue weighted by atomic mass is 16.4. The van der Waals surface area contributed by atoms with Crippen molar-refractivity contribution in [2.75, 3.05) is 19.7 Å². The largest absolute Gasteiger partial charge is 0.480 e. The predicted octanol–water partition coefficient (Wildman–Crippen LogP) is -1.08. The van der Waals surface area contributed by atoms with Crippen LogP contribution in [0, 0.1) is 6.92 Å². The van der Waals surface area contributed by atoms with Gasteiger partial charge >= 0.3 is 11.7 Å². The average Bonchev–Trinajstić information content (AvgIpc) is 2.47. The summed E-state index contributed by atoms with van der Waals surface area (Å²) < 4.78 is 1.04. The van der Waals surface area contributed by atoms with Crippen LogP contribution in [0.5, 0.6) is 0 Å². The molecular weight excluding hydrogens is 306 g/mol. The van der Waals surface area contributed by atoms with Crippen LogP contribution >= 0.6 is 0 Å². The van der Waals surface area contributed by atoms with Crippen molar-refractivity contribution >= 4 is 11.9 Å². The first kappa shape index (κ1) is 18.6. The number of aromatic amines is 1. The summed E-state index contributed by atoms with van der Waals surface area (Å²) in [5.74, 6) is -1.67. The first-order valence-corrected chi connectivity index (χ1v) is 7.26. The van der Waals surface area contributed by atoms with Crippen molar-refractivity contribution in [3.63, 3.8) is 0 Å². The van der Waals surface area contributed by atoms with E-state index in [9.17, 15) is 19.2 Å². The quantitative estimate of drug-likeness (QED) is 0.494. The molecule has 0 radical (unpaired) electrons. The maximum Gasteiger partial charge on any atom is 0.328 e. The Morgan fingerprint density at radius 1 is 1.26 bits per heavy atom. The molecular formula is C14H21N3O6. The van der Waals surface area contributed by atoms with Gasteiger partial charge in [-0.05, 0) is 26.2 Å². The second-order valence-electron chi connectivity index (χ2n) is 5.19. The number of hydrogen-bond donors (Lipinski definition) is 3. The highest BCUT2D eigenvalue weighted by Crippen LogP contribution is 2.01. The van der Waals surface area contributed by atoms with Crippen molar-refractivity contribution in [3.05, 3.63) is 32.6 Å². The third-order valence-electron chi connectivity index (χ3n) is 3.26. The van der Waals surface area contributed by atoms with Crippen LogP contribution in [-0.4, -0.2) is 56.2 Å². The molecule has 0 unspecified atom stereocenters. The van der Waals surface area contributed by atoms with Gasteiger partial charge in [-0.25, -0.2) is 4.79 Å². The molecule has 0 aliphatic carbocycles. The van der Waals surface area contributed by atoms with Crippen molar-refractivity contribution in [1.29, 1.82) is 0 Å². The standard InChI is InChI=1S/C14H21N3O6/c1-10-7-17(14(23)15-13(10)22)8-11(19)16(9-12(20)21)5-3-2-4-6-18/h7,18H,2-6,8-9H2,1H3,(H,20,21)(H,15,22,23). The highest BCUT2D eigenvalue weighted by Gasteiger charge is 2.17. The summed E-state index contributed by atoms with van der Waals surface area (Å²) in [5.41, 5.74) is -0.959. The molecule has 0 saturated heterocycles. The number of amides is 1. The number of carbonyl (C=O) groups excluding carboxylic acids is 1.